The third-order valence-electron chi connectivity index (χ3n) is 4.57. The van der Waals surface area contributed by atoms with Crippen LogP contribution in [0, 0.1) is 0 Å². The monoisotopic (exact) mass is 330 g/mol. The lowest BCUT2D eigenvalue weighted by molar-refractivity contribution is 0.688. The summed E-state index contributed by atoms with van der Waals surface area (Å²) in [5.41, 5.74) is 5.20. The summed E-state index contributed by atoms with van der Waals surface area (Å²) in [7, 11) is 0. The summed E-state index contributed by atoms with van der Waals surface area (Å²) < 4.78 is 2.39. The maximum Gasteiger partial charge on any atom is 0.0491 e. The lowest BCUT2D eigenvalue weighted by atomic mass is 10.1. The van der Waals surface area contributed by atoms with Crippen LogP contribution in [0.3, 0.4) is 0 Å². The van der Waals surface area contributed by atoms with E-state index in [0.29, 0.717) is 0 Å². The summed E-state index contributed by atoms with van der Waals surface area (Å²) in [5, 5.41) is 4.83. The fraction of sp³-hybridized carbons (Fsp3) is 0.217. The van der Waals surface area contributed by atoms with Crippen LogP contribution in [0.5, 0.6) is 0 Å². The quantitative estimate of drug-likeness (QED) is 0.429. The molecular formula is C23H26N2. The molecule has 1 N–H and O–H groups in total. The zero-order chi connectivity index (χ0) is 17.5. The second-order valence-electron chi connectivity index (χ2n) is 6.23. The van der Waals surface area contributed by atoms with Crippen LogP contribution in [0.4, 0.5) is 0 Å². The molecule has 0 saturated carbocycles. The van der Waals surface area contributed by atoms with Gasteiger partial charge in [-0.15, -0.1) is 6.58 Å². The summed E-state index contributed by atoms with van der Waals surface area (Å²) >= 11 is 0. The predicted octanol–water partition coefficient (Wildman–Crippen LogP) is 5.04. The van der Waals surface area contributed by atoms with Crippen molar-refractivity contribution in [2.45, 2.75) is 19.4 Å². The molecule has 0 aliphatic heterocycles. The highest BCUT2D eigenvalue weighted by Gasteiger charge is 2.14. The van der Waals surface area contributed by atoms with E-state index in [4.69, 9.17) is 0 Å². The summed E-state index contributed by atoms with van der Waals surface area (Å²) in [6.45, 7) is 10.7. The highest BCUT2D eigenvalue weighted by atomic mass is 15.0. The van der Waals surface area contributed by atoms with Crippen molar-refractivity contribution in [1.29, 1.82) is 0 Å². The number of para-hydroxylation sites is 1. The fourth-order valence-corrected chi connectivity index (χ4v) is 3.37. The van der Waals surface area contributed by atoms with Crippen molar-refractivity contribution in [3.8, 4) is 0 Å². The average molecular weight is 330 g/mol. The van der Waals surface area contributed by atoms with E-state index in [1.165, 1.54) is 27.7 Å². The van der Waals surface area contributed by atoms with E-state index in [1.54, 1.807) is 0 Å². The SMILES string of the molecule is C=CCCNCCc1c(C=C)n(Cc2ccccc2)c2ccccc12. The van der Waals surface area contributed by atoms with Crippen molar-refractivity contribution >= 4 is 17.0 Å². The molecule has 0 aliphatic rings. The van der Waals surface area contributed by atoms with Gasteiger partial charge in [0.2, 0.25) is 0 Å². The van der Waals surface area contributed by atoms with Crippen LogP contribution >= 0.6 is 0 Å². The molecule has 0 saturated heterocycles. The lowest BCUT2D eigenvalue weighted by Crippen LogP contribution is -2.18. The largest absolute Gasteiger partial charge is 0.336 e. The number of rotatable bonds is 9. The number of hydrogen-bond donors (Lipinski definition) is 1. The van der Waals surface area contributed by atoms with Crippen molar-refractivity contribution in [3.63, 3.8) is 0 Å². The minimum atomic E-state index is 0.868. The molecule has 1 aromatic heterocycles. The zero-order valence-corrected chi connectivity index (χ0v) is 14.7. The van der Waals surface area contributed by atoms with Gasteiger partial charge in [0.15, 0.2) is 0 Å². The molecule has 2 aromatic carbocycles. The molecule has 128 valence electrons. The second kappa shape index (κ2) is 8.50. The van der Waals surface area contributed by atoms with Crippen molar-refractivity contribution in [3.05, 3.63) is 90.7 Å². The van der Waals surface area contributed by atoms with Gasteiger partial charge in [-0.2, -0.15) is 0 Å². The Balaban J connectivity index is 1.93. The molecule has 0 radical (unpaired) electrons. The first-order valence-electron chi connectivity index (χ1n) is 8.93. The van der Waals surface area contributed by atoms with E-state index in [2.05, 4.69) is 77.6 Å². The Kier molecular flexibility index (Phi) is 5.86. The third-order valence-corrected chi connectivity index (χ3v) is 4.57. The van der Waals surface area contributed by atoms with Gasteiger partial charge in [-0.25, -0.2) is 0 Å². The molecule has 0 fully saturated rings. The number of aromatic nitrogens is 1. The van der Waals surface area contributed by atoms with Crippen molar-refractivity contribution in [2.24, 2.45) is 0 Å². The maximum absolute atomic E-state index is 4.09. The molecule has 25 heavy (non-hydrogen) atoms. The van der Waals surface area contributed by atoms with Crippen LogP contribution < -0.4 is 5.32 Å². The van der Waals surface area contributed by atoms with Gasteiger partial charge in [0.1, 0.15) is 0 Å². The molecule has 0 amide bonds. The molecule has 1 heterocycles. The molecule has 0 aliphatic carbocycles. The van der Waals surface area contributed by atoms with E-state index < -0.39 is 0 Å². The normalized spacial score (nSPS) is 10.9. The molecule has 2 nitrogen and oxygen atoms in total. The number of fused-ring (bicyclic) bond motifs is 1. The predicted molar refractivity (Wildman–Crippen MR) is 109 cm³/mol. The Morgan fingerprint density at radius 2 is 1.68 bits per heavy atom. The number of benzene rings is 2. The van der Waals surface area contributed by atoms with E-state index in [-0.39, 0.29) is 0 Å². The van der Waals surface area contributed by atoms with E-state index >= 15 is 0 Å². The van der Waals surface area contributed by atoms with Crippen molar-refractivity contribution in [1.82, 2.24) is 9.88 Å². The van der Waals surface area contributed by atoms with Gasteiger partial charge >= 0.3 is 0 Å². The van der Waals surface area contributed by atoms with Gasteiger partial charge in [-0.1, -0.05) is 61.2 Å². The molecule has 2 heteroatoms. The Morgan fingerprint density at radius 3 is 2.44 bits per heavy atom. The highest BCUT2D eigenvalue weighted by Crippen LogP contribution is 2.28. The molecular weight excluding hydrogens is 304 g/mol. The van der Waals surface area contributed by atoms with E-state index in [1.807, 2.05) is 12.2 Å². The van der Waals surface area contributed by atoms with Crippen LogP contribution in [-0.4, -0.2) is 17.7 Å². The first-order valence-corrected chi connectivity index (χ1v) is 8.93. The molecule has 0 bridgehead atoms. The molecule has 3 aromatic rings. The van der Waals surface area contributed by atoms with Crippen LogP contribution in [0.1, 0.15) is 23.2 Å². The molecule has 3 rings (SSSR count). The minimum absolute atomic E-state index is 0.868. The first-order chi connectivity index (χ1) is 12.3. The van der Waals surface area contributed by atoms with Gasteiger partial charge in [0.25, 0.3) is 0 Å². The van der Waals surface area contributed by atoms with Gasteiger partial charge in [-0.05, 0) is 49.2 Å². The van der Waals surface area contributed by atoms with Crippen LogP contribution in [0.25, 0.3) is 17.0 Å². The maximum atomic E-state index is 4.09. The Hall–Kier alpha value is -2.58. The minimum Gasteiger partial charge on any atom is -0.336 e. The number of hydrogen-bond acceptors (Lipinski definition) is 1. The van der Waals surface area contributed by atoms with Gasteiger partial charge < -0.3 is 9.88 Å². The summed E-state index contributed by atoms with van der Waals surface area (Å²) in [6, 6.07) is 19.3. The van der Waals surface area contributed by atoms with Crippen LogP contribution in [-0.2, 0) is 13.0 Å². The Morgan fingerprint density at radius 1 is 0.920 bits per heavy atom. The van der Waals surface area contributed by atoms with Gasteiger partial charge in [0, 0.05) is 23.1 Å². The van der Waals surface area contributed by atoms with Crippen molar-refractivity contribution in [2.75, 3.05) is 13.1 Å². The van der Waals surface area contributed by atoms with Crippen molar-refractivity contribution < 1.29 is 0 Å². The standard InChI is InChI=1S/C23H26N2/c1-3-5-16-24-17-15-21-20-13-9-10-14-23(20)25(22(21)4-2)18-19-11-7-6-8-12-19/h3-4,6-14,24H,1-2,5,15-18H2. The molecule has 0 spiro atoms. The highest BCUT2D eigenvalue weighted by molar-refractivity contribution is 5.88. The number of nitrogens with zero attached hydrogens (tertiary/aromatic N) is 1. The van der Waals surface area contributed by atoms with Crippen LogP contribution in [0.15, 0.2) is 73.8 Å². The van der Waals surface area contributed by atoms with Crippen LogP contribution in [0.2, 0.25) is 0 Å². The average Bonchev–Trinajstić information content (AvgIpc) is 2.95. The lowest BCUT2D eigenvalue weighted by Gasteiger charge is -2.10. The molecule has 0 atom stereocenters. The smallest absolute Gasteiger partial charge is 0.0491 e. The second-order valence-corrected chi connectivity index (χ2v) is 6.23. The van der Waals surface area contributed by atoms with E-state index in [0.717, 1.165) is 32.5 Å². The molecule has 0 unspecified atom stereocenters. The summed E-state index contributed by atoms with van der Waals surface area (Å²) in [6.07, 6.45) is 5.96. The van der Waals surface area contributed by atoms with E-state index in [9.17, 15) is 0 Å². The van der Waals surface area contributed by atoms with Gasteiger partial charge in [-0.3, -0.25) is 0 Å². The first kappa shape index (κ1) is 17.2. The fourth-order valence-electron chi connectivity index (χ4n) is 3.37. The van der Waals surface area contributed by atoms with Gasteiger partial charge in [0.05, 0.1) is 0 Å². The summed E-state index contributed by atoms with van der Waals surface area (Å²) in [5.74, 6) is 0. The Labute approximate surface area is 150 Å². The third kappa shape index (κ3) is 3.92. The topological polar surface area (TPSA) is 17.0 Å². The zero-order valence-electron chi connectivity index (χ0n) is 14.7. The number of nitrogens with one attached hydrogen (secondary N) is 1. The summed E-state index contributed by atoms with van der Waals surface area (Å²) in [4.78, 5) is 0. The Bertz CT molecular complexity index is 843.